The number of rotatable bonds is 8. The first-order valence-corrected chi connectivity index (χ1v) is 13.5. The zero-order valence-electron chi connectivity index (χ0n) is 20.9. The maximum absolute atomic E-state index is 12.6. The molecule has 39 heavy (non-hydrogen) atoms. The summed E-state index contributed by atoms with van der Waals surface area (Å²) in [7, 11) is 0. The number of nitrogens with zero attached hydrogens (tertiary/aromatic N) is 1. The van der Waals surface area contributed by atoms with E-state index in [1.165, 1.54) is 18.7 Å². The van der Waals surface area contributed by atoms with E-state index in [2.05, 4.69) is 20.9 Å². The Kier molecular flexibility index (Phi) is 8.00. The molecule has 0 saturated heterocycles. The van der Waals surface area contributed by atoms with Crippen LogP contribution in [0.25, 0.3) is 22.6 Å². The molecule has 0 fully saturated rings. The molecule has 5 rings (SSSR count). The van der Waals surface area contributed by atoms with Crippen LogP contribution in [0.2, 0.25) is 0 Å². The SMILES string of the molecule is CC(=O)c1ccc(NC(=S)Nc2cccc(SCC(=O)Nc3ccc(-c4nc5ccccc5o4)cc3)c2)cc1. The molecular formula is C30H24N4O3S2. The molecule has 0 spiro atoms. The van der Waals surface area contributed by atoms with Crippen molar-refractivity contribution in [3.05, 3.63) is 103 Å². The summed E-state index contributed by atoms with van der Waals surface area (Å²) in [5.41, 5.74) is 5.30. The molecule has 9 heteroatoms. The Balaban J connectivity index is 1.12. The standard InChI is InChI=1S/C30H24N4O3S2/c1-19(35)20-9-13-23(14-10-20)32-30(38)33-24-5-4-6-25(17-24)39-18-28(36)31-22-15-11-21(12-16-22)29-34-26-7-2-3-8-27(26)37-29/h2-17H,18H2,1H3,(H,31,36)(H2,32,33,38). The summed E-state index contributed by atoms with van der Waals surface area (Å²) in [6.45, 7) is 1.53. The topological polar surface area (TPSA) is 96.3 Å². The molecule has 1 amide bonds. The number of para-hydroxylation sites is 2. The molecule has 5 aromatic rings. The minimum atomic E-state index is -0.112. The van der Waals surface area contributed by atoms with Gasteiger partial charge in [-0.1, -0.05) is 18.2 Å². The van der Waals surface area contributed by atoms with Crippen molar-refractivity contribution in [2.24, 2.45) is 0 Å². The van der Waals surface area contributed by atoms with Crippen molar-refractivity contribution in [2.75, 3.05) is 21.7 Å². The van der Waals surface area contributed by atoms with Gasteiger partial charge in [-0.05, 0) is 98.0 Å². The summed E-state index contributed by atoms with van der Waals surface area (Å²) in [5.74, 6) is 0.694. The molecule has 1 aromatic heterocycles. The zero-order chi connectivity index (χ0) is 27.2. The van der Waals surface area contributed by atoms with Gasteiger partial charge in [-0.3, -0.25) is 9.59 Å². The number of oxazole rings is 1. The Bertz CT molecular complexity index is 1610. The van der Waals surface area contributed by atoms with E-state index in [4.69, 9.17) is 16.6 Å². The number of thioether (sulfide) groups is 1. The molecule has 194 valence electrons. The van der Waals surface area contributed by atoms with E-state index in [1.807, 2.05) is 72.8 Å². The molecule has 0 bridgehead atoms. The van der Waals surface area contributed by atoms with Crippen LogP contribution >= 0.6 is 24.0 Å². The van der Waals surface area contributed by atoms with Gasteiger partial charge in [-0.2, -0.15) is 0 Å². The lowest BCUT2D eigenvalue weighted by Gasteiger charge is -2.12. The second-order valence-corrected chi connectivity index (χ2v) is 10.1. The first-order valence-electron chi connectivity index (χ1n) is 12.1. The Hall–Kier alpha value is -4.47. The van der Waals surface area contributed by atoms with E-state index < -0.39 is 0 Å². The summed E-state index contributed by atoms with van der Waals surface area (Å²) in [4.78, 5) is 29.4. The summed E-state index contributed by atoms with van der Waals surface area (Å²) >= 11 is 6.84. The van der Waals surface area contributed by atoms with Gasteiger partial charge >= 0.3 is 0 Å². The van der Waals surface area contributed by atoms with Crippen molar-refractivity contribution in [3.63, 3.8) is 0 Å². The average Bonchev–Trinajstić information content (AvgIpc) is 3.37. The Labute approximate surface area is 235 Å². The maximum atomic E-state index is 12.6. The molecule has 0 aliphatic heterocycles. The number of ketones is 1. The second kappa shape index (κ2) is 11.9. The number of hydrogen-bond donors (Lipinski definition) is 3. The number of fused-ring (bicyclic) bond motifs is 1. The van der Waals surface area contributed by atoms with Crippen molar-refractivity contribution in [1.82, 2.24) is 4.98 Å². The molecule has 0 aliphatic rings. The van der Waals surface area contributed by atoms with Crippen LogP contribution in [0.15, 0.2) is 106 Å². The van der Waals surface area contributed by atoms with Crippen LogP contribution < -0.4 is 16.0 Å². The van der Waals surface area contributed by atoms with Gasteiger partial charge in [0.05, 0.1) is 5.75 Å². The van der Waals surface area contributed by atoms with E-state index in [1.54, 1.807) is 24.3 Å². The van der Waals surface area contributed by atoms with E-state index in [9.17, 15) is 9.59 Å². The third-order valence-electron chi connectivity index (χ3n) is 5.72. The number of Topliss-reactive ketones (excluding diaryl/α,β-unsaturated/α-hetero) is 1. The minimum Gasteiger partial charge on any atom is -0.436 e. The Morgan fingerprint density at radius 1 is 0.821 bits per heavy atom. The summed E-state index contributed by atoms with van der Waals surface area (Å²) < 4.78 is 5.81. The highest BCUT2D eigenvalue weighted by molar-refractivity contribution is 8.00. The van der Waals surface area contributed by atoms with Crippen molar-refractivity contribution in [3.8, 4) is 11.5 Å². The molecule has 7 nitrogen and oxygen atoms in total. The summed E-state index contributed by atoms with van der Waals surface area (Å²) in [6.07, 6.45) is 0. The number of carbonyl (C=O) groups is 2. The molecule has 4 aromatic carbocycles. The predicted octanol–water partition coefficient (Wildman–Crippen LogP) is 7.24. The number of carbonyl (C=O) groups excluding carboxylic acids is 2. The molecule has 0 aliphatic carbocycles. The van der Waals surface area contributed by atoms with Gasteiger partial charge in [0.1, 0.15) is 5.52 Å². The van der Waals surface area contributed by atoms with Gasteiger partial charge in [-0.15, -0.1) is 11.8 Å². The number of anilines is 3. The van der Waals surface area contributed by atoms with Gasteiger partial charge in [0.15, 0.2) is 16.5 Å². The van der Waals surface area contributed by atoms with Crippen LogP contribution in [-0.4, -0.2) is 27.5 Å². The molecule has 1 heterocycles. The average molecular weight is 553 g/mol. The van der Waals surface area contributed by atoms with E-state index in [0.29, 0.717) is 22.3 Å². The molecule has 3 N–H and O–H groups in total. The lowest BCUT2D eigenvalue weighted by Crippen LogP contribution is -2.19. The fourth-order valence-corrected chi connectivity index (χ4v) is 4.77. The van der Waals surface area contributed by atoms with Crippen LogP contribution in [-0.2, 0) is 4.79 Å². The van der Waals surface area contributed by atoms with Crippen LogP contribution in [0.1, 0.15) is 17.3 Å². The van der Waals surface area contributed by atoms with Crippen molar-refractivity contribution in [1.29, 1.82) is 0 Å². The fourth-order valence-electron chi connectivity index (χ4n) is 3.78. The van der Waals surface area contributed by atoms with Crippen molar-refractivity contribution < 1.29 is 14.0 Å². The van der Waals surface area contributed by atoms with E-state index in [-0.39, 0.29) is 17.4 Å². The molecule has 0 saturated carbocycles. The summed E-state index contributed by atoms with van der Waals surface area (Å²) in [6, 6.07) is 29.8. The number of nitrogens with one attached hydrogen (secondary N) is 3. The summed E-state index contributed by atoms with van der Waals surface area (Å²) in [5, 5.41) is 9.60. The number of benzene rings is 4. The van der Waals surface area contributed by atoms with Gasteiger partial charge in [0, 0.05) is 33.1 Å². The quantitative estimate of drug-likeness (QED) is 0.105. The van der Waals surface area contributed by atoms with Crippen LogP contribution in [0.4, 0.5) is 17.1 Å². The minimum absolute atomic E-state index is 0.0136. The monoisotopic (exact) mass is 552 g/mol. The molecule has 0 radical (unpaired) electrons. The van der Waals surface area contributed by atoms with Crippen LogP contribution in [0.3, 0.4) is 0 Å². The largest absolute Gasteiger partial charge is 0.436 e. The number of amides is 1. The third-order valence-corrected chi connectivity index (χ3v) is 6.92. The predicted molar refractivity (Wildman–Crippen MR) is 162 cm³/mol. The van der Waals surface area contributed by atoms with Crippen molar-refractivity contribution >= 4 is 68.9 Å². The van der Waals surface area contributed by atoms with Crippen LogP contribution in [0.5, 0.6) is 0 Å². The van der Waals surface area contributed by atoms with Crippen LogP contribution in [0, 0.1) is 0 Å². The number of hydrogen-bond acceptors (Lipinski definition) is 6. The third kappa shape index (κ3) is 6.90. The van der Waals surface area contributed by atoms with E-state index in [0.717, 1.165) is 32.9 Å². The maximum Gasteiger partial charge on any atom is 0.234 e. The second-order valence-electron chi connectivity index (χ2n) is 8.64. The number of thiocarbonyl (C=S) groups is 1. The van der Waals surface area contributed by atoms with Gasteiger partial charge < -0.3 is 20.4 Å². The number of aromatic nitrogens is 1. The Morgan fingerprint density at radius 2 is 1.51 bits per heavy atom. The highest BCUT2D eigenvalue weighted by atomic mass is 32.2. The molecular weight excluding hydrogens is 528 g/mol. The van der Waals surface area contributed by atoms with Gasteiger partial charge in [0.25, 0.3) is 0 Å². The first-order chi connectivity index (χ1) is 18.9. The molecule has 0 atom stereocenters. The first kappa shape index (κ1) is 26.1. The fraction of sp³-hybridized carbons (Fsp3) is 0.0667. The zero-order valence-corrected chi connectivity index (χ0v) is 22.6. The highest BCUT2D eigenvalue weighted by Gasteiger charge is 2.09. The van der Waals surface area contributed by atoms with E-state index >= 15 is 0 Å². The van der Waals surface area contributed by atoms with Gasteiger partial charge in [0.2, 0.25) is 11.8 Å². The molecule has 0 unspecified atom stereocenters. The lowest BCUT2D eigenvalue weighted by atomic mass is 10.1. The van der Waals surface area contributed by atoms with Crippen molar-refractivity contribution in [2.45, 2.75) is 11.8 Å². The lowest BCUT2D eigenvalue weighted by molar-refractivity contribution is -0.113. The van der Waals surface area contributed by atoms with Gasteiger partial charge in [-0.25, -0.2) is 4.98 Å². The smallest absolute Gasteiger partial charge is 0.234 e. The highest BCUT2D eigenvalue weighted by Crippen LogP contribution is 2.26. The Morgan fingerprint density at radius 3 is 2.26 bits per heavy atom. The normalized spacial score (nSPS) is 10.7.